The number of benzene rings is 1. The number of nitrogens with one attached hydrogen (secondary N) is 1. The summed E-state index contributed by atoms with van der Waals surface area (Å²) in [6, 6.07) is 13.0. The van der Waals surface area contributed by atoms with Crippen LogP contribution in [0.4, 0.5) is 28.8 Å². The fourth-order valence-electron chi connectivity index (χ4n) is 3.50. The van der Waals surface area contributed by atoms with Gasteiger partial charge in [-0.05, 0) is 37.3 Å². The Morgan fingerprint density at radius 1 is 1.06 bits per heavy atom. The minimum Gasteiger partial charge on any atom is -0.462 e. The van der Waals surface area contributed by atoms with Crippen molar-refractivity contribution in [3.8, 4) is 0 Å². The van der Waals surface area contributed by atoms with Crippen LogP contribution in [0.15, 0.2) is 55.0 Å². The zero-order valence-electron chi connectivity index (χ0n) is 17.4. The second-order valence-corrected chi connectivity index (χ2v) is 7.05. The van der Waals surface area contributed by atoms with Crippen molar-refractivity contribution in [1.29, 1.82) is 0 Å². The second kappa shape index (κ2) is 9.29. The number of nitrogen functional groups attached to an aromatic ring is 1. The standard InChI is InChI=1S/C22H25N7O2/c1-2-31-22(30)16-6-5-7-17(14-16)27-20-19(23)21(26-15-25-20)29-12-10-28(11-13-29)18-8-3-4-9-24-18/h3-9,14-15H,2,10-13,23H2,1H3,(H,25,26,27). The number of esters is 1. The van der Waals surface area contributed by atoms with Gasteiger partial charge < -0.3 is 25.6 Å². The van der Waals surface area contributed by atoms with E-state index >= 15 is 0 Å². The molecule has 0 aliphatic carbocycles. The van der Waals surface area contributed by atoms with Gasteiger partial charge in [0.1, 0.15) is 17.8 Å². The molecule has 0 bridgehead atoms. The third-order valence-electron chi connectivity index (χ3n) is 5.05. The molecule has 9 nitrogen and oxygen atoms in total. The van der Waals surface area contributed by atoms with Gasteiger partial charge in [-0.2, -0.15) is 0 Å². The molecule has 3 aromatic rings. The van der Waals surface area contributed by atoms with Crippen LogP contribution >= 0.6 is 0 Å². The second-order valence-electron chi connectivity index (χ2n) is 7.05. The minimum atomic E-state index is -0.367. The van der Waals surface area contributed by atoms with Crippen LogP contribution in [0.1, 0.15) is 17.3 Å². The smallest absolute Gasteiger partial charge is 0.338 e. The number of pyridine rings is 1. The molecule has 3 heterocycles. The van der Waals surface area contributed by atoms with E-state index in [1.807, 2.05) is 24.3 Å². The van der Waals surface area contributed by atoms with Crippen molar-refractivity contribution in [2.45, 2.75) is 6.92 Å². The maximum atomic E-state index is 12.0. The predicted octanol–water partition coefficient (Wildman–Crippen LogP) is 2.70. The van der Waals surface area contributed by atoms with E-state index in [4.69, 9.17) is 10.5 Å². The first-order valence-electron chi connectivity index (χ1n) is 10.2. The molecule has 1 aliphatic heterocycles. The summed E-state index contributed by atoms with van der Waals surface area (Å²) < 4.78 is 5.06. The third-order valence-corrected chi connectivity index (χ3v) is 5.05. The van der Waals surface area contributed by atoms with Gasteiger partial charge >= 0.3 is 5.97 Å². The number of piperazine rings is 1. The van der Waals surface area contributed by atoms with Crippen molar-refractivity contribution >= 4 is 34.8 Å². The quantitative estimate of drug-likeness (QED) is 0.583. The van der Waals surface area contributed by atoms with Crippen LogP contribution in [0.2, 0.25) is 0 Å². The molecule has 31 heavy (non-hydrogen) atoms. The highest BCUT2D eigenvalue weighted by atomic mass is 16.5. The van der Waals surface area contributed by atoms with Crippen LogP contribution in [-0.4, -0.2) is 53.7 Å². The van der Waals surface area contributed by atoms with Gasteiger partial charge in [-0.25, -0.2) is 19.7 Å². The van der Waals surface area contributed by atoms with Crippen molar-refractivity contribution in [3.05, 3.63) is 60.6 Å². The van der Waals surface area contributed by atoms with Crippen molar-refractivity contribution in [2.24, 2.45) is 0 Å². The zero-order chi connectivity index (χ0) is 21.6. The molecule has 0 spiro atoms. The van der Waals surface area contributed by atoms with Gasteiger partial charge in [-0.15, -0.1) is 0 Å². The number of nitrogens with zero attached hydrogens (tertiary/aromatic N) is 5. The summed E-state index contributed by atoms with van der Waals surface area (Å²) in [7, 11) is 0. The number of carbonyl (C=O) groups is 1. The molecule has 1 saturated heterocycles. The number of carbonyl (C=O) groups excluding carboxylic acids is 1. The molecule has 1 aliphatic rings. The summed E-state index contributed by atoms with van der Waals surface area (Å²) in [5, 5.41) is 3.19. The predicted molar refractivity (Wildman–Crippen MR) is 121 cm³/mol. The maximum Gasteiger partial charge on any atom is 0.338 e. The minimum absolute atomic E-state index is 0.326. The molecule has 0 amide bonds. The Bertz CT molecular complexity index is 1040. The average Bonchev–Trinajstić information content (AvgIpc) is 2.81. The zero-order valence-corrected chi connectivity index (χ0v) is 17.4. The van der Waals surface area contributed by atoms with Crippen molar-refractivity contribution in [3.63, 3.8) is 0 Å². The first kappa shape index (κ1) is 20.4. The van der Waals surface area contributed by atoms with E-state index in [0.29, 0.717) is 35.2 Å². The van der Waals surface area contributed by atoms with Crippen molar-refractivity contribution < 1.29 is 9.53 Å². The van der Waals surface area contributed by atoms with Gasteiger partial charge in [0.2, 0.25) is 0 Å². The summed E-state index contributed by atoms with van der Waals surface area (Å²) >= 11 is 0. The van der Waals surface area contributed by atoms with Gasteiger partial charge in [0.15, 0.2) is 11.6 Å². The maximum absolute atomic E-state index is 12.0. The van der Waals surface area contributed by atoms with Crippen LogP contribution in [-0.2, 0) is 4.74 Å². The van der Waals surface area contributed by atoms with E-state index in [0.717, 1.165) is 32.0 Å². The van der Waals surface area contributed by atoms with Gasteiger partial charge in [0.25, 0.3) is 0 Å². The van der Waals surface area contributed by atoms with Crippen LogP contribution in [0.25, 0.3) is 0 Å². The van der Waals surface area contributed by atoms with E-state index in [9.17, 15) is 4.79 Å². The van der Waals surface area contributed by atoms with Crippen LogP contribution < -0.4 is 20.9 Å². The van der Waals surface area contributed by atoms with Crippen LogP contribution in [0, 0.1) is 0 Å². The number of nitrogens with two attached hydrogens (primary N) is 1. The number of anilines is 5. The number of rotatable bonds is 6. The first-order chi connectivity index (χ1) is 15.2. The highest BCUT2D eigenvalue weighted by molar-refractivity contribution is 5.91. The fourth-order valence-corrected chi connectivity index (χ4v) is 3.50. The third kappa shape index (κ3) is 4.66. The average molecular weight is 419 g/mol. The van der Waals surface area contributed by atoms with Crippen molar-refractivity contribution in [1.82, 2.24) is 15.0 Å². The monoisotopic (exact) mass is 419 g/mol. The Labute approximate surface area is 180 Å². The molecule has 3 N–H and O–H groups in total. The molecule has 0 saturated carbocycles. The lowest BCUT2D eigenvalue weighted by Crippen LogP contribution is -2.47. The van der Waals surface area contributed by atoms with E-state index in [1.54, 1.807) is 31.3 Å². The molecule has 0 atom stereocenters. The highest BCUT2D eigenvalue weighted by Gasteiger charge is 2.22. The summed E-state index contributed by atoms with van der Waals surface area (Å²) in [5.41, 5.74) is 8.03. The van der Waals surface area contributed by atoms with E-state index in [2.05, 4.69) is 30.1 Å². The molecule has 0 unspecified atom stereocenters. The Kier molecular flexibility index (Phi) is 6.11. The van der Waals surface area contributed by atoms with E-state index < -0.39 is 0 Å². The highest BCUT2D eigenvalue weighted by Crippen LogP contribution is 2.29. The SMILES string of the molecule is CCOC(=O)c1cccc(Nc2ncnc(N3CCN(c4ccccn4)CC3)c2N)c1. The van der Waals surface area contributed by atoms with Crippen molar-refractivity contribution in [2.75, 3.05) is 53.6 Å². The Hall–Kier alpha value is -3.88. The van der Waals surface area contributed by atoms with Crippen LogP contribution in [0.5, 0.6) is 0 Å². The Morgan fingerprint density at radius 3 is 2.61 bits per heavy atom. The molecular formula is C22H25N7O2. The number of hydrogen-bond donors (Lipinski definition) is 2. The lowest BCUT2D eigenvalue weighted by Gasteiger charge is -2.36. The van der Waals surface area contributed by atoms with Gasteiger partial charge in [0.05, 0.1) is 12.2 Å². The topological polar surface area (TPSA) is 109 Å². The number of hydrogen-bond acceptors (Lipinski definition) is 9. The van der Waals surface area contributed by atoms with E-state index in [1.165, 1.54) is 6.33 Å². The Balaban J connectivity index is 1.47. The molecule has 4 rings (SSSR count). The molecular weight excluding hydrogens is 394 g/mol. The molecule has 2 aromatic heterocycles. The Morgan fingerprint density at radius 2 is 1.87 bits per heavy atom. The molecule has 1 aromatic carbocycles. The summed E-state index contributed by atoms with van der Waals surface area (Å²) in [6.45, 7) is 5.30. The van der Waals surface area contributed by atoms with Gasteiger partial charge in [-0.1, -0.05) is 12.1 Å². The largest absolute Gasteiger partial charge is 0.462 e. The summed E-state index contributed by atoms with van der Waals surface area (Å²) in [4.78, 5) is 29.5. The summed E-state index contributed by atoms with van der Waals surface area (Å²) in [6.07, 6.45) is 3.30. The number of ether oxygens (including phenoxy) is 1. The molecule has 0 radical (unpaired) electrons. The fraction of sp³-hybridized carbons (Fsp3) is 0.273. The first-order valence-corrected chi connectivity index (χ1v) is 10.2. The molecule has 9 heteroatoms. The number of aromatic nitrogens is 3. The lowest BCUT2D eigenvalue weighted by molar-refractivity contribution is 0.0526. The lowest BCUT2D eigenvalue weighted by atomic mass is 10.2. The molecule has 1 fully saturated rings. The summed E-state index contributed by atoms with van der Waals surface area (Å²) in [5.74, 6) is 1.80. The molecule has 160 valence electrons. The van der Waals surface area contributed by atoms with Crippen LogP contribution in [0.3, 0.4) is 0 Å². The van der Waals surface area contributed by atoms with Gasteiger partial charge in [0, 0.05) is 38.1 Å². The van der Waals surface area contributed by atoms with Gasteiger partial charge in [-0.3, -0.25) is 0 Å². The normalized spacial score (nSPS) is 13.7. The van der Waals surface area contributed by atoms with E-state index in [-0.39, 0.29) is 5.97 Å².